The number of nitrogens with two attached hydrogens (primary N) is 1. The van der Waals surface area contributed by atoms with E-state index in [4.69, 9.17) is 5.73 Å². The largest absolute Gasteiger partial charge is 0.347 e. The highest BCUT2D eigenvalue weighted by Gasteiger charge is 2.02. The predicted molar refractivity (Wildman–Crippen MR) is 78.8 cm³/mol. The highest BCUT2D eigenvalue weighted by Crippen LogP contribution is 2.19. The van der Waals surface area contributed by atoms with Crippen LogP contribution >= 0.6 is 0 Å². The summed E-state index contributed by atoms with van der Waals surface area (Å²) in [7, 11) is 0. The molecule has 0 unspecified atom stereocenters. The van der Waals surface area contributed by atoms with E-state index < -0.39 is 0 Å². The van der Waals surface area contributed by atoms with Crippen LogP contribution in [0, 0.1) is 0 Å². The van der Waals surface area contributed by atoms with Crippen LogP contribution in [0.3, 0.4) is 0 Å². The first-order chi connectivity index (χ1) is 8.85. The third kappa shape index (κ3) is 3.14. The van der Waals surface area contributed by atoms with Crippen molar-refractivity contribution in [3.05, 3.63) is 36.0 Å². The Labute approximate surface area is 110 Å². The number of hydrogen-bond acceptors (Lipinski definition) is 1. The Morgan fingerprint density at radius 2 is 2.00 bits per heavy atom. The first-order valence-corrected chi connectivity index (χ1v) is 7.13. The molecule has 0 saturated carbocycles. The van der Waals surface area contributed by atoms with Gasteiger partial charge in [0, 0.05) is 18.3 Å². The van der Waals surface area contributed by atoms with Gasteiger partial charge < -0.3 is 10.3 Å². The van der Waals surface area contributed by atoms with E-state index in [-0.39, 0.29) is 0 Å². The SMILES string of the molecule is CCCCCCn1ccc2ccc(CCN)cc21. The van der Waals surface area contributed by atoms with Crippen LogP contribution in [0.2, 0.25) is 0 Å². The predicted octanol–water partition coefficient (Wildman–Crippen LogP) is 3.72. The van der Waals surface area contributed by atoms with Crippen molar-refractivity contribution in [2.24, 2.45) is 5.73 Å². The van der Waals surface area contributed by atoms with Gasteiger partial charge >= 0.3 is 0 Å². The molecule has 0 atom stereocenters. The number of fused-ring (bicyclic) bond motifs is 1. The standard InChI is InChI=1S/C16H24N2/c1-2-3-4-5-11-18-12-9-15-7-6-14(8-10-17)13-16(15)18/h6-7,9,12-13H,2-5,8,10-11,17H2,1H3. The van der Waals surface area contributed by atoms with Gasteiger partial charge in [-0.3, -0.25) is 0 Å². The van der Waals surface area contributed by atoms with Gasteiger partial charge in [-0.25, -0.2) is 0 Å². The fourth-order valence-corrected chi connectivity index (χ4v) is 2.46. The lowest BCUT2D eigenvalue weighted by molar-refractivity contribution is 0.593. The van der Waals surface area contributed by atoms with Crippen molar-refractivity contribution in [2.45, 2.75) is 45.6 Å². The normalized spacial score (nSPS) is 11.2. The molecule has 2 rings (SSSR count). The van der Waals surface area contributed by atoms with Crippen LogP contribution in [0.4, 0.5) is 0 Å². The zero-order valence-corrected chi connectivity index (χ0v) is 11.4. The molecule has 0 aliphatic heterocycles. The van der Waals surface area contributed by atoms with E-state index in [0.717, 1.165) is 19.5 Å². The van der Waals surface area contributed by atoms with Crippen molar-refractivity contribution in [1.29, 1.82) is 0 Å². The zero-order chi connectivity index (χ0) is 12.8. The second-order valence-corrected chi connectivity index (χ2v) is 5.00. The number of benzene rings is 1. The first kappa shape index (κ1) is 13.2. The lowest BCUT2D eigenvalue weighted by Gasteiger charge is -2.06. The molecule has 18 heavy (non-hydrogen) atoms. The lowest BCUT2D eigenvalue weighted by Crippen LogP contribution is -2.03. The molecule has 0 aliphatic carbocycles. The van der Waals surface area contributed by atoms with Crippen molar-refractivity contribution in [3.63, 3.8) is 0 Å². The maximum Gasteiger partial charge on any atom is 0.0483 e. The minimum absolute atomic E-state index is 0.725. The lowest BCUT2D eigenvalue weighted by atomic mass is 10.1. The first-order valence-electron chi connectivity index (χ1n) is 7.13. The van der Waals surface area contributed by atoms with E-state index in [1.54, 1.807) is 0 Å². The summed E-state index contributed by atoms with van der Waals surface area (Å²) >= 11 is 0. The summed E-state index contributed by atoms with van der Waals surface area (Å²) in [6, 6.07) is 8.91. The summed E-state index contributed by atoms with van der Waals surface area (Å²) in [4.78, 5) is 0. The van der Waals surface area contributed by atoms with Crippen LogP contribution in [-0.2, 0) is 13.0 Å². The summed E-state index contributed by atoms with van der Waals surface area (Å²) in [6.07, 6.45) is 8.43. The van der Waals surface area contributed by atoms with Crippen LogP contribution in [0.25, 0.3) is 10.9 Å². The van der Waals surface area contributed by atoms with Crippen molar-refractivity contribution in [1.82, 2.24) is 4.57 Å². The summed E-state index contributed by atoms with van der Waals surface area (Å²) in [5.41, 5.74) is 8.33. The van der Waals surface area contributed by atoms with Gasteiger partial charge in [-0.05, 0) is 42.5 Å². The Bertz CT molecular complexity index is 485. The Balaban J connectivity index is 2.09. The molecule has 0 aliphatic rings. The Morgan fingerprint density at radius 1 is 1.11 bits per heavy atom. The fraction of sp³-hybridized carbons (Fsp3) is 0.500. The number of hydrogen-bond donors (Lipinski definition) is 1. The number of aryl methyl sites for hydroxylation is 1. The van der Waals surface area contributed by atoms with Crippen molar-refractivity contribution in [2.75, 3.05) is 6.54 Å². The van der Waals surface area contributed by atoms with Gasteiger partial charge in [-0.2, -0.15) is 0 Å². The molecular weight excluding hydrogens is 220 g/mol. The van der Waals surface area contributed by atoms with E-state index in [2.05, 4.69) is 42.0 Å². The summed E-state index contributed by atoms with van der Waals surface area (Å²) in [6.45, 7) is 4.11. The van der Waals surface area contributed by atoms with E-state index >= 15 is 0 Å². The van der Waals surface area contributed by atoms with Crippen molar-refractivity contribution < 1.29 is 0 Å². The van der Waals surface area contributed by atoms with Gasteiger partial charge in [0.1, 0.15) is 0 Å². The van der Waals surface area contributed by atoms with Crippen LogP contribution < -0.4 is 5.73 Å². The average molecular weight is 244 g/mol. The van der Waals surface area contributed by atoms with Gasteiger partial charge in [0.25, 0.3) is 0 Å². The number of nitrogens with zero attached hydrogens (tertiary/aromatic N) is 1. The molecule has 2 heteroatoms. The van der Waals surface area contributed by atoms with E-state index in [0.29, 0.717) is 0 Å². The molecule has 0 bridgehead atoms. The fourth-order valence-electron chi connectivity index (χ4n) is 2.46. The summed E-state index contributed by atoms with van der Waals surface area (Å²) < 4.78 is 2.38. The molecule has 0 radical (unpaired) electrons. The smallest absolute Gasteiger partial charge is 0.0483 e. The molecule has 2 nitrogen and oxygen atoms in total. The van der Waals surface area contributed by atoms with Crippen molar-refractivity contribution in [3.8, 4) is 0 Å². The molecule has 0 fully saturated rings. The highest BCUT2D eigenvalue weighted by molar-refractivity contribution is 5.80. The minimum atomic E-state index is 0.725. The third-order valence-electron chi connectivity index (χ3n) is 3.52. The Kier molecular flexibility index (Phi) is 4.82. The van der Waals surface area contributed by atoms with Crippen molar-refractivity contribution >= 4 is 10.9 Å². The van der Waals surface area contributed by atoms with E-state index in [9.17, 15) is 0 Å². The number of rotatable bonds is 7. The topological polar surface area (TPSA) is 30.9 Å². The monoisotopic (exact) mass is 244 g/mol. The van der Waals surface area contributed by atoms with E-state index in [1.807, 2.05) is 0 Å². The zero-order valence-electron chi connectivity index (χ0n) is 11.4. The third-order valence-corrected chi connectivity index (χ3v) is 3.52. The summed E-state index contributed by atoms with van der Waals surface area (Å²) in [5.74, 6) is 0. The van der Waals surface area contributed by atoms with Gasteiger partial charge in [-0.15, -0.1) is 0 Å². The minimum Gasteiger partial charge on any atom is -0.347 e. The highest BCUT2D eigenvalue weighted by atomic mass is 14.9. The Hall–Kier alpha value is -1.28. The number of unbranched alkanes of at least 4 members (excludes halogenated alkanes) is 3. The van der Waals surface area contributed by atoms with Gasteiger partial charge in [0.05, 0.1) is 0 Å². The van der Waals surface area contributed by atoms with Crippen LogP contribution in [-0.4, -0.2) is 11.1 Å². The summed E-state index contributed by atoms with van der Waals surface area (Å²) in [5, 5.41) is 1.34. The molecule has 0 saturated heterocycles. The van der Waals surface area contributed by atoms with Gasteiger partial charge in [0.2, 0.25) is 0 Å². The maximum absolute atomic E-state index is 5.62. The second-order valence-electron chi connectivity index (χ2n) is 5.00. The average Bonchev–Trinajstić information content (AvgIpc) is 2.78. The molecule has 1 aromatic carbocycles. The molecule has 2 N–H and O–H groups in total. The maximum atomic E-state index is 5.62. The van der Waals surface area contributed by atoms with Crippen LogP contribution in [0.15, 0.2) is 30.5 Å². The molecule has 1 aromatic heterocycles. The molecule has 1 heterocycles. The molecule has 0 amide bonds. The Morgan fingerprint density at radius 3 is 2.78 bits per heavy atom. The van der Waals surface area contributed by atoms with Gasteiger partial charge in [0.15, 0.2) is 0 Å². The quantitative estimate of drug-likeness (QED) is 0.739. The van der Waals surface area contributed by atoms with E-state index in [1.165, 1.54) is 42.1 Å². The second kappa shape index (κ2) is 6.60. The van der Waals surface area contributed by atoms with Gasteiger partial charge in [-0.1, -0.05) is 38.3 Å². The molecule has 2 aromatic rings. The van der Waals surface area contributed by atoms with Crippen LogP contribution in [0.1, 0.15) is 38.2 Å². The number of aromatic nitrogens is 1. The molecule has 98 valence electrons. The van der Waals surface area contributed by atoms with Crippen LogP contribution in [0.5, 0.6) is 0 Å². The molecule has 0 spiro atoms. The molecular formula is C16H24N2.